The van der Waals surface area contributed by atoms with E-state index >= 15 is 0 Å². The van der Waals surface area contributed by atoms with Crippen LogP contribution in [0.3, 0.4) is 0 Å². The van der Waals surface area contributed by atoms with Crippen LogP contribution in [-0.4, -0.2) is 23.5 Å². The molecule has 1 aliphatic carbocycles. The fourth-order valence-electron chi connectivity index (χ4n) is 2.07. The van der Waals surface area contributed by atoms with Gasteiger partial charge < -0.3 is 10.4 Å². The average Bonchev–Trinajstić information content (AvgIpc) is 3.15. The van der Waals surface area contributed by atoms with Gasteiger partial charge in [0.2, 0.25) is 5.91 Å². The minimum absolute atomic E-state index is 0.133. The Bertz CT molecular complexity index is 525. The zero-order chi connectivity index (χ0) is 14.9. The quantitative estimate of drug-likeness (QED) is 0.890. The molecule has 7 heteroatoms. The fourth-order valence-corrected chi connectivity index (χ4v) is 2.07. The smallest absolute Gasteiger partial charge is 0.416 e. The number of alkyl halides is 3. The maximum atomic E-state index is 12.4. The molecule has 108 valence electrons. The van der Waals surface area contributed by atoms with Gasteiger partial charge in [0.1, 0.15) is 6.54 Å². The highest BCUT2D eigenvalue weighted by molar-refractivity contribution is 5.85. The predicted molar refractivity (Wildman–Crippen MR) is 62.9 cm³/mol. The zero-order valence-electron chi connectivity index (χ0n) is 10.3. The Morgan fingerprint density at radius 1 is 1.25 bits per heavy atom. The Hall–Kier alpha value is -2.05. The lowest BCUT2D eigenvalue weighted by Crippen LogP contribution is -2.30. The van der Waals surface area contributed by atoms with Gasteiger partial charge in [0, 0.05) is 5.92 Å². The van der Waals surface area contributed by atoms with Gasteiger partial charge in [-0.25, -0.2) is 0 Å². The van der Waals surface area contributed by atoms with Gasteiger partial charge in [-0.05, 0) is 30.0 Å². The van der Waals surface area contributed by atoms with Crippen molar-refractivity contribution < 1.29 is 27.9 Å². The van der Waals surface area contributed by atoms with E-state index in [9.17, 15) is 22.8 Å². The molecule has 1 aromatic carbocycles. The lowest BCUT2D eigenvalue weighted by atomic mass is 10.1. The van der Waals surface area contributed by atoms with Crippen molar-refractivity contribution in [3.63, 3.8) is 0 Å². The molecular weight excluding hydrogens is 275 g/mol. The van der Waals surface area contributed by atoms with E-state index in [1.54, 1.807) is 0 Å². The summed E-state index contributed by atoms with van der Waals surface area (Å²) in [6.07, 6.45) is -3.85. The summed E-state index contributed by atoms with van der Waals surface area (Å²) in [4.78, 5) is 21.9. The summed E-state index contributed by atoms with van der Waals surface area (Å²) in [6.45, 7) is -0.449. The highest BCUT2D eigenvalue weighted by Crippen LogP contribution is 2.47. The molecule has 2 atom stereocenters. The van der Waals surface area contributed by atoms with Gasteiger partial charge >= 0.3 is 12.1 Å². The first kappa shape index (κ1) is 14.4. The Morgan fingerprint density at radius 2 is 1.85 bits per heavy atom. The number of amides is 1. The van der Waals surface area contributed by atoms with Gasteiger partial charge in [-0.2, -0.15) is 13.2 Å². The van der Waals surface area contributed by atoms with E-state index < -0.39 is 24.3 Å². The lowest BCUT2D eigenvalue weighted by molar-refractivity contribution is -0.138. The summed E-state index contributed by atoms with van der Waals surface area (Å²) in [5.41, 5.74) is -0.0674. The summed E-state index contributed by atoms with van der Waals surface area (Å²) in [7, 11) is 0. The van der Waals surface area contributed by atoms with Crippen molar-refractivity contribution in [2.24, 2.45) is 5.92 Å². The number of rotatable bonds is 4. The highest BCUT2D eigenvalue weighted by atomic mass is 19.4. The molecule has 2 N–H and O–H groups in total. The first-order valence-corrected chi connectivity index (χ1v) is 5.95. The van der Waals surface area contributed by atoms with E-state index in [0.717, 1.165) is 12.1 Å². The number of carbonyl (C=O) groups is 2. The number of carbonyl (C=O) groups excluding carboxylic acids is 1. The molecule has 0 bridgehead atoms. The van der Waals surface area contributed by atoms with Crippen molar-refractivity contribution in [2.45, 2.75) is 18.5 Å². The molecule has 1 aromatic rings. The van der Waals surface area contributed by atoms with E-state index in [2.05, 4.69) is 5.32 Å². The van der Waals surface area contributed by atoms with Gasteiger partial charge in [-0.15, -0.1) is 0 Å². The second kappa shape index (κ2) is 5.15. The standard InChI is InChI=1S/C13H12F3NO3/c14-13(15,16)8-3-1-7(2-4-8)9-5-10(9)12(20)17-6-11(18)19/h1-4,9-10H,5-6H2,(H,17,20)(H,18,19). The van der Waals surface area contributed by atoms with E-state index in [-0.39, 0.29) is 17.7 Å². The minimum atomic E-state index is -4.37. The van der Waals surface area contributed by atoms with Crippen LogP contribution in [0.1, 0.15) is 23.5 Å². The molecule has 0 saturated heterocycles. The van der Waals surface area contributed by atoms with Crippen molar-refractivity contribution in [1.82, 2.24) is 5.32 Å². The molecule has 0 aliphatic heterocycles. The SMILES string of the molecule is O=C(O)CNC(=O)C1CC1c1ccc(C(F)(F)F)cc1. The number of hydrogen-bond donors (Lipinski definition) is 2. The second-order valence-electron chi connectivity index (χ2n) is 4.68. The normalized spacial score (nSPS) is 21.4. The van der Waals surface area contributed by atoms with Gasteiger partial charge in [0.05, 0.1) is 5.56 Å². The molecule has 2 unspecified atom stereocenters. The van der Waals surface area contributed by atoms with E-state index in [4.69, 9.17) is 5.11 Å². The molecule has 0 spiro atoms. The van der Waals surface area contributed by atoms with Gasteiger partial charge in [0.25, 0.3) is 0 Å². The van der Waals surface area contributed by atoms with Gasteiger partial charge in [0.15, 0.2) is 0 Å². The van der Waals surface area contributed by atoms with Crippen LogP contribution in [0.15, 0.2) is 24.3 Å². The number of aliphatic carboxylic acids is 1. The highest BCUT2D eigenvalue weighted by Gasteiger charge is 2.44. The van der Waals surface area contributed by atoms with Crippen LogP contribution in [0.25, 0.3) is 0 Å². The number of carboxylic acid groups (broad SMARTS) is 1. The third kappa shape index (κ3) is 3.28. The summed E-state index contributed by atoms with van der Waals surface area (Å²) in [5, 5.41) is 10.7. The van der Waals surface area contributed by atoms with Crippen LogP contribution in [0.4, 0.5) is 13.2 Å². The first-order valence-electron chi connectivity index (χ1n) is 5.95. The largest absolute Gasteiger partial charge is 0.480 e. The lowest BCUT2D eigenvalue weighted by Gasteiger charge is -2.07. The van der Waals surface area contributed by atoms with Crippen molar-refractivity contribution in [3.05, 3.63) is 35.4 Å². The molecule has 1 aliphatic rings. The first-order chi connectivity index (χ1) is 9.29. The zero-order valence-corrected chi connectivity index (χ0v) is 10.3. The Balaban J connectivity index is 1.95. The molecule has 0 aromatic heterocycles. The van der Waals surface area contributed by atoms with Crippen molar-refractivity contribution in [3.8, 4) is 0 Å². The number of hydrogen-bond acceptors (Lipinski definition) is 2. The third-order valence-corrected chi connectivity index (χ3v) is 3.21. The van der Waals surface area contributed by atoms with Gasteiger partial charge in [-0.1, -0.05) is 12.1 Å². The minimum Gasteiger partial charge on any atom is -0.480 e. The second-order valence-corrected chi connectivity index (χ2v) is 4.68. The molecule has 0 heterocycles. The molecule has 2 rings (SSSR count). The van der Waals surface area contributed by atoms with Crippen LogP contribution in [-0.2, 0) is 15.8 Å². The van der Waals surface area contributed by atoms with Crippen LogP contribution in [0, 0.1) is 5.92 Å². The molecular formula is C13H12F3NO3. The maximum Gasteiger partial charge on any atom is 0.416 e. The van der Waals surface area contributed by atoms with E-state index in [1.807, 2.05) is 0 Å². The molecule has 0 radical (unpaired) electrons. The summed E-state index contributed by atoms with van der Waals surface area (Å²) >= 11 is 0. The third-order valence-electron chi connectivity index (χ3n) is 3.21. The van der Waals surface area contributed by atoms with Crippen molar-refractivity contribution in [2.75, 3.05) is 6.54 Å². The molecule has 1 fully saturated rings. The van der Waals surface area contributed by atoms with Crippen LogP contribution >= 0.6 is 0 Å². The average molecular weight is 287 g/mol. The van der Waals surface area contributed by atoms with Crippen molar-refractivity contribution >= 4 is 11.9 Å². The molecule has 4 nitrogen and oxygen atoms in total. The maximum absolute atomic E-state index is 12.4. The van der Waals surface area contributed by atoms with E-state index in [0.29, 0.717) is 12.0 Å². The summed E-state index contributed by atoms with van der Waals surface area (Å²) in [5.74, 6) is -2.00. The number of benzene rings is 1. The number of carboxylic acids is 1. The number of nitrogens with one attached hydrogen (secondary N) is 1. The van der Waals surface area contributed by atoms with Crippen molar-refractivity contribution in [1.29, 1.82) is 0 Å². The summed E-state index contributed by atoms with van der Waals surface area (Å²) < 4.78 is 37.2. The topological polar surface area (TPSA) is 66.4 Å². The summed E-state index contributed by atoms with van der Waals surface area (Å²) in [6, 6.07) is 4.69. The Kier molecular flexibility index (Phi) is 3.69. The molecule has 1 amide bonds. The molecule has 1 saturated carbocycles. The monoisotopic (exact) mass is 287 g/mol. The van der Waals surface area contributed by atoms with Crippen LogP contribution in [0.5, 0.6) is 0 Å². The van der Waals surface area contributed by atoms with Gasteiger partial charge in [-0.3, -0.25) is 9.59 Å². The van der Waals surface area contributed by atoms with E-state index in [1.165, 1.54) is 12.1 Å². The molecule has 20 heavy (non-hydrogen) atoms. The Morgan fingerprint density at radius 3 is 2.35 bits per heavy atom. The predicted octanol–water partition coefficient (Wildman–Crippen LogP) is 2.01. The Labute approximate surface area is 112 Å². The number of halogens is 3. The fraction of sp³-hybridized carbons (Fsp3) is 0.385. The van der Waals surface area contributed by atoms with Crippen LogP contribution in [0.2, 0.25) is 0 Å². The van der Waals surface area contributed by atoms with Crippen LogP contribution < -0.4 is 5.32 Å².